The summed E-state index contributed by atoms with van der Waals surface area (Å²) in [6, 6.07) is 30.3. The van der Waals surface area contributed by atoms with Gasteiger partial charge in [0.25, 0.3) is 0 Å². The summed E-state index contributed by atoms with van der Waals surface area (Å²) < 4.78 is 21.6. The van der Waals surface area contributed by atoms with E-state index in [1.165, 1.54) is 0 Å². The number of methoxy groups -OCH3 is 3. The summed E-state index contributed by atoms with van der Waals surface area (Å²) in [5, 5.41) is 14.9. The molecule has 6 rings (SSSR count). The van der Waals surface area contributed by atoms with Gasteiger partial charge in [0, 0.05) is 37.9 Å². The van der Waals surface area contributed by atoms with Gasteiger partial charge >= 0.3 is 0 Å². The van der Waals surface area contributed by atoms with Gasteiger partial charge in [-0.05, 0) is 71.3 Å². The van der Waals surface area contributed by atoms with Crippen molar-refractivity contribution in [2.75, 3.05) is 21.3 Å². The van der Waals surface area contributed by atoms with E-state index in [9.17, 15) is 0 Å². The second-order valence-corrected chi connectivity index (χ2v) is 10.3. The molecule has 9 nitrogen and oxygen atoms in total. The average Bonchev–Trinajstić information content (AvgIpc) is 3.81. The number of aromatic nitrogens is 6. The highest BCUT2D eigenvalue weighted by molar-refractivity contribution is 5.31. The molecule has 0 saturated heterocycles. The molecule has 3 aromatic carbocycles. The number of nitrogens with zero attached hydrogens (tertiary/aromatic N) is 6. The Balaban J connectivity index is 1.27. The summed E-state index contributed by atoms with van der Waals surface area (Å²) >= 11 is 0. The molecule has 0 amide bonds. The lowest BCUT2D eigenvalue weighted by atomic mass is 10.1. The van der Waals surface area contributed by atoms with Gasteiger partial charge in [-0.3, -0.25) is 0 Å². The zero-order chi connectivity index (χ0) is 29.6. The minimum atomic E-state index is -0.418. The van der Waals surface area contributed by atoms with Gasteiger partial charge in [0.05, 0.1) is 38.4 Å². The normalized spacial score (nSPS) is 11.2. The second kappa shape index (κ2) is 12.7. The molecule has 0 N–H and O–H groups in total. The van der Waals surface area contributed by atoms with Gasteiger partial charge in [-0.2, -0.15) is 15.3 Å². The molecule has 0 saturated carbocycles. The smallest absolute Gasteiger partial charge is 0.238 e. The number of hydrogen-bond acceptors (Lipinski definition) is 6. The van der Waals surface area contributed by atoms with Crippen LogP contribution in [0.3, 0.4) is 0 Å². The fraction of sp³-hybridized carbons (Fsp3) is 0.206. The number of hydrogen-bond donors (Lipinski definition) is 0. The lowest BCUT2D eigenvalue weighted by Crippen LogP contribution is -2.27. The minimum Gasteiger partial charge on any atom is -0.497 e. The van der Waals surface area contributed by atoms with Crippen LogP contribution < -0.4 is 14.2 Å². The third-order valence-corrected chi connectivity index (χ3v) is 7.33. The maximum atomic E-state index is 5.30. The minimum absolute atomic E-state index is 0.418. The van der Waals surface area contributed by atoms with Gasteiger partial charge in [-0.15, -0.1) is 0 Å². The van der Waals surface area contributed by atoms with E-state index in [2.05, 4.69) is 36.4 Å². The molecule has 218 valence electrons. The summed E-state index contributed by atoms with van der Waals surface area (Å²) in [6.45, 7) is 0. The lowest BCUT2D eigenvalue weighted by molar-refractivity contribution is 0.281. The Morgan fingerprint density at radius 3 is 0.977 bits per heavy atom. The lowest BCUT2D eigenvalue weighted by Gasteiger charge is -2.19. The summed E-state index contributed by atoms with van der Waals surface area (Å²) in [6.07, 6.45) is 7.64. The van der Waals surface area contributed by atoms with E-state index in [-0.39, 0.29) is 0 Å². The molecule has 43 heavy (non-hydrogen) atoms. The van der Waals surface area contributed by atoms with E-state index in [0.29, 0.717) is 19.3 Å². The van der Waals surface area contributed by atoms with Crippen LogP contribution in [0.5, 0.6) is 17.2 Å². The van der Waals surface area contributed by atoms with Crippen LogP contribution in [0.1, 0.15) is 40.1 Å². The Morgan fingerprint density at radius 2 is 0.721 bits per heavy atom. The number of ether oxygens (including phenoxy) is 3. The second-order valence-electron chi connectivity index (χ2n) is 10.3. The van der Waals surface area contributed by atoms with E-state index in [4.69, 9.17) is 29.5 Å². The summed E-state index contributed by atoms with van der Waals surface area (Å²) in [4.78, 5) is 0. The maximum Gasteiger partial charge on any atom is 0.238 e. The van der Waals surface area contributed by atoms with Gasteiger partial charge in [-0.25, -0.2) is 14.0 Å². The maximum absolute atomic E-state index is 5.30. The van der Waals surface area contributed by atoms with E-state index < -0.39 is 6.29 Å². The van der Waals surface area contributed by atoms with Crippen molar-refractivity contribution < 1.29 is 14.2 Å². The van der Waals surface area contributed by atoms with Crippen molar-refractivity contribution in [3.8, 4) is 17.2 Å². The fourth-order valence-corrected chi connectivity index (χ4v) is 5.02. The molecule has 3 heterocycles. The molecule has 0 aliphatic rings. The van der Waals surface area contributed by atoms with E-state index >= 15 is 0 Å². The SMILES string of the molecule is COc1ccc(Cc2ccn(C(n3ccc(Cc4ccc(OC)cc4)n3)n3ccc(Cc4ccc(OC)cc4)n3)n2)cc1. The standard InChI is InChI=1S/C34H34N6O3/c1-41-31-10-4-25(5-11-31)22-28-16-19-38(35-28)34(39-20-17-29(36-39)23-26-6-12-32(42-2)13-7-26)40-21-18-30(37-40)24-27-8-14-33(43-3)15-9-27/h4-21,34H,22-24H2,1-3H3. The van der Waals surface area contributed by atoms with Crippen LogP contribution in [0.2, 0.25) is 0 Å². The third-order valence-electron chi connectivity index (χ3n) is 7.33. The molecule has 9 heteroatoms. The molecule has 0 spiro atoms. The van der Waals surface area contributed by atoms with E-state index in [0.717, 1.165) is 51.0 Å². The molecule has 0 aliphatic carbocycles. The topological polar surface area (TPSA) is 81.2 Å². The fourth-order valence-electron chi connectivity index (χ4n) is 5.02. The molecule has 3 aromatic heterocycles. The van der Waals surface area contributed by atoms with Crippen molar-refractivity contribution >= 4 is 0 Å². The van der Waals surface area contributed by atoms with E-state index in [1.54, 1.807) is 21.3 Å². The molecular weight excluding hydrogens is 540 g/mol. The largest absolute Gasteiger partial charge is 0.497 e. The Hall–Kier alpha value is -5.31. The zero-order valence-electron chi connectivity index (χ0n) is 24.5. The van der Waals surface area contributed by atoms with Crippen molar-refractivity contribution in [1.29, 1.82) is 0 Å². The molecule has 0 radical (unpaired) electrons. The first-order chi connectivity index (χ1) is 21.1. The first kappa shape index (κ1) is 27.8. The first-order valence-electron chi connectivity index (χ1n) is 14.1. The third kappa shape index (κ3) is 6.62. The van der Waals surface area contributed by atoms with Crippen molar-refractivity contribution in [2.24, 2.45) is 0 Å². The Labute approximate surface area is 250 Å². The highest BCUT2D eigenvalue weighted by Crippen LogP contribution is 2.20. The van der Waals surface area contributed by atoms with Gasteiger partial charge in [0.2, 0.25) is 6.29 Å². The predicted molar refractivity (Wildman–Crippen MR) is 164 cm³/mol. The van der Waals surface area contributed by atoms with Crippen molar-refractivity contribution in [3.63, 3.8) is 0 Å². The number of benzene rings is 3. The molecule has 0 atom stereocenters. The van der Waals surface area contributed by atoms with Crippen molar-refractivity contribution in [1.82, 2.24) is 29.3 Å². The van der Waals surface area contributed by atoms with E-state index in [1.807, 2.05) is 87.2 Å². The Morgan fingerprint density at radius 1 is 0.442 bits per heavy atom. The predicted octanol–water partition coefficient (Wildman–Crippen LogP) is 5.63. The molecule has 0 aliphatic heterocycles. The zero-order valence-corrected chi connectivity index (χ0v) is 24.5. The molecule has 0 fully saturated rings. The van der Waals surface area contributed by atoms with Crippen LogP contribution in [0, 0.1) is 0 Å². The van der Waals surface area contributed by atoms with Crippen LogP contribution in [0.25, 0.3) is 0 Å². The van der Waals surface area contributed by atoms with Crippen LogP contribution in [-0.2, 0) is 19.3 Å². The highest BCUT2D eigenvalue weighted by Gasteiger charge is 2.20. The Bertz CT molecular complexity index is 1540. The monoisotopic (exact) mass is 574 g/mol. The highest BCUT2D eigenvalue weighted by atomic mass is 16.5. The van der Waals surface area contributed by atoms with Crippen LogP contribution in [0.15, 0.2) is 110 Å². The van der Waals surface area contributed by atoms with Gasteiger partial charge in [-0.1, -0.05) is 36.4 Å². The molecule has 6 aromatic rings. The van der Waals surface area contributed by atoms with Crippen molar-refractivity contribution in [2.45, 2.75) is 25.6 Å². The molecule has 0 bridgehead atoms. The molecular formula is C34H34N6O3. The average molecular weight is 575 g/mol. The quantitative estimate of drug-likeness (QED) is 0.189. The molecule has 0 unspecified atom stereocenters. The van der Waals surface area contributed by atoms with Crippen molar-refractivity contribution in [3.05, 3.63) is 143 Å². The summed E-state index contributed by atoms with van der Waals surface area (Å²) in [5.41, 5.74) is 6.32. The van der Waals surface area contributed by atoms with Crippen LogP contribution >= 0.6 is 0 Å². The summed E-state index contributed by atoms with van der Waals surface area (Å²) in [7, 11) is 5.02. The first-order valence-corrected chi connectivity index (χ1v) is 14.1. The van der Waals surface area contributed by atoms with Gasteiger partial charge in [0.15, 0.2) is 0 Å². The Kier molecular flexibility index (Phi) is 8.21. The van der Waals surface area contributed by atoms with Gasteiger partial charge < -0.3 is 14.2 Å². The summed E-state index contributed by atoms with van der Waals surface area (Å²) in [5.74, 6) is 2.51. The van der Waals surface area contributed by atoms with Gasteiger partial charge in [0.1, 0.15) is 17.2 Å². The number of rotatable bonds is 12. The van der Waals surface area contributed by atoms with Crippen LogP contribution in [0.4, 0.5) is 0 Å². The van der Waals surface area contributed by atoms with Crippen LogP contribution in [-0.4, -0.2) is 50.7 Å².